The van der Waals surface area contributed by atoms with Gasteiger partial charge in [-0.05, 0) is 50.7 Å². The lowest BCUT2D eigenvalue weighted by molar-refractivity contribution is -0.117. The Morgan fingerprint density at radius 2 is 1.90 bits per heavy atom. The predicted molar refractivity (Wildman–Crippen MR) is 86.6 cm³/mol. The molecule has 3 N–H and O–H groups in total. The maximum Gasteiger partial charge on any atom is 0.241 e. The average molecular weight is 293 g/mol. The van der Waals surface area contributed by atoms with Gasteiger partial charge in [0.25, 0.3) is 0 Å². The van der Waals surface area contributed by atoms with Crippen LogP contribution in [-0.4, -0.2) is 44.1 Å². The molecule has 0 unspecified atom stereocenters. The van der Waals surface area contributed by atoms with E-state index in [0.717, 1.165) is 18.0 Å². The number of likely N-dealkylation sites (N-methyl/N-ethyl adjacent to an activating group) is 1. The zero-order valence-corrected chi connectivity index (χ0v) is 13.4. The van der Waals surface area contributed by atoms with Crippen molar-refractivity contribution in [2.75, 3.05) is 32.6 Å². The van der Waals surface area contributed by atoms with Crippen LogP contribution in [0.3, 0.4) is 0 Å². The molecule has 1 aromatic carbocycles. The number of ether oxygens (including phenoxy) is 1. The van der Waals surface area contributed by atoms with Crippen LogP contribution >= 0.6 is 0 Å². The van der Waals surface area contributed by atoms with Crippen LogP contribution in [0.4, 0.5) is 5.69 Å². The summed E-state index contributed by atoms with van der Waals surface area (Å²) in [4.78, 5) is 14.0. The highest BCUT2D eigenvalue weighted by Crippen LogP contribution is 2.16. The summed E-state index contributed by atoms with van der Waals surface area (Å²) in [6.45, 7) is 5.60. The van der Waals surface area contributed by atoms with Crippen LogP contribution in [0.5, 0.6) is 5.75 Å². The van der Waals surface area contributed by atoms with Crippen molar-refractivity contribution in [1.29, 1.82) is 0 Å². The first-order valence-corrected chi connectivity index (χ1v) is 7.32. The molecular weight excluding hydrogens is 266 g/mol. The van der Waals surface area contributed by atoms with Crippen molar-refractivity contribution in [2.24, 2.45) is 11.7 Å². The summed E-state index contributed by atoms with van der Waals surface area (Å²) in [6.07, 6.45) is 0.678. The van der Waals surface area contributed by atoms with Crippen molar-refractivity contribution in [2.45, 2.75) is 26.3 Å². The third-order valence-electron chi connectivity index (χ3n) is 2.99. The number of hydrogen-bond acceptors (Lipinski definition) is 4. The molecule has 0 saturated heterocycles. The van der Waals surface area contributed by atoms with Crippen molar-refractivity contribution >= 4 is 11.6 Å². The van der Waals surface area contributed by atoms with Crippen molar-refractivity contribution in [3.05, 3.63) is 24.3 Å². The Morgan fingerprint density at radius 1 is 1.29 bits per heavy atom. The highest BCUT2D eigenvalue weighted by molar-refractivity contribution is 5.94. The van der Waals surface area contributed by atoms with E-state index >= 15 is 0 Å². The molecule has 118 valence electrons. The van der Waals surface area contributed by atoms with Crippen LogP contribution in [-0.2, 0) is 4.79 Å². The zero-order chi connectivity index (χ0) is 15.8. The van der Waals surface area contributed by atoms with Crippen LogP contribution in [0.2, 0.25) is 0 Å². The molecule has 0 fully saturated rings. The van der Waals surface area contributed by atoms with Gasteiger partial charge in [-0.1, -0.05) is 13.8 Å². The Morgan fingerprint density at radius 3 is 2.43 bits per heavy atom. The van der Waals surface area contributed by atoms with Crippen molar-refractivity contribution < 1.29 is 9.53 Å². The molecule has 1 aromatic rings. The zero-order valence-electron chi connectivity index (χ0n) is 13.4. The van der Waals surface area contributed by atoms with Gasteiger partial charge in [0.05, 0.1) is 6.04 Å². The molecule has 0 aliphatic heterocycles. The monoisotopic (exact) mass is 293 g/mol. The number of carbonyl (C=O) groups is 1. The Kier molecular flexibility index (Phi) is 7.19. The van der Waals surface area contributed by atoms with Gasteiger partial charge < -0.3 is 20.7 Å². The molecule has 1 amide bonds. The Balaban J connectivity index is 2.45. The number of nitrogens with zero attached hydrogens (tertiary/aromatic N) is 1. The van der Waals surface area contributed by atoms with Gasteiger partial charge >= 0.3 is 0 Å². The topological polar surface area (TPSA) is 67.6 Å². The molecule has 0 aliphatic carbocycles. The Labute approximate surface area is 127 Å². The van der Waals surface area contributed by atoms with E-state index in [0.29, 0.717) is 18.9 Å². The van der Waals surface area contributed by atoms with Gasteiger partial charge in [0.15, 0.2) is 0 Å². The highest BCUT2D eigenvalue weighted by Gasteiger charge is 2.14. The molecule has 0 aromatic heterocycles. The van der Waals surface area contributed by atoms with E-state index in [1.54, 1.807) is 0 Å². The minimum absolute atomic E-state index is 0.148. The Hall–Kier alpha value is -1.59. The molecule has 21 heavy (non-hydrogen) atoms. The fourth-order valence-electron chi connectivity index (χ4n) is 1.83. The number of nitrogens with two attached hydrogens (primary N) is 1. The second-order valence-electron chi connectivity index (χ2n) is 5.90. The third kappa shape index (κ3) is 7.11. The third-order valence-corrected chi connectivity index (χ3v) is 2.99. The van der Waals surface area contributed by atoms with Gasteiger partial charge in [0.1, 0.15) is 12.4 Å². The van der Waals surface area contributed by atoms with Crippen LogP contribution in [0, 0.1) is 5.92 Å². The fraction of sp³-hybridized carbons (Fsp3) is 0.562. The normalized spacial score (nSPS) is 12.5. The van der Waals surface area contributed by atoms with Gasteiger partial charge in [-0.25, -0.2) is 0 Å². The summed E-state index contributed by atoms with van der Waals surface area (Å²) in [5, 5.41) is 2.82. The second kappa shape index (κ2) is 8.64. The van der Waals surface area contributed by atoms with Gasteiger partial charge in [-0.15, -0.1) is 0 Å². The molecule has 0 radical (unpaired) electrons. The summed E-state index contributed by atoms with van der Waals surface area (Å²) in [5.74, 6) is 1.05. The van der Waals surface area contributed by atoms with Crippen molar-refractivity contribution in [3.8, 4) is 5.75 Å². The summed E-state index contributed by atoms with van der Waals surface area (Å²) in [7, 11) is 4.00. The molecule has 0 bridgehead atoms. The molecular formula is C16H27N3O2. The number of benzene rings is 1. The SMILES string of the molecule is CC(C)C[C@H](N)C(=O)Nc1ccc(OCCN(C)C)cc1. The fourth-order valence-corrected chi connectivity index (χ4v) is 1.83. The lowest BCUT2D eigenvalue weighted by Crippen LogP contribution is -2.36. The largest absolute Gasteiger partial charge is 0.492 e. The highest BCUT2D eigenvalue weighted by atomic mass is 16.5. The second-order valence-corrected chi connectivity index (χ2v) is 5.90. The molecule has 5 nitrogen and oxygen atoms in total. The molecule has 1 rings (SSSR count). The number of carbonyl (C=O) groups excluding carboxylic acids is 1. The predicted octanol–water partition coefficient (Wildman–Crippen LogP) is 1.94. The maximum atomic E-state index is 11.9. The minimum Gasteiger partial charge on any atom is -0.492 e. The van der Waals surface area contributed by atoms with E-state index in [2.05, 4.69) is 10.2 Å². The van der Waals surface area contributed by atoms with E-state index in [1.165, 1.54) is 0 Å². The standard InChI is InChI=1S/C16H27N3O2/c1-12(2)11-15(17)16(20)18-13-5-7-14(8-6-13)21-10-9-19(3)4/h5-8,12,15H,9-11,17H2,1-4H3,(H,18,20)/t15-/m0/s1. The van der Waals surface area contributed by atoms with Gasteiger partial charge in [0, 0.05) is 12.2 Å². The average Bonchev–Trinajstić information content (AvgIpc) is 2.39. The van der Waals surface area contributed by atoms with Crippen molar-refractivity contribution in [1.82, 2.24) is 4.90 Å². The molecule has 5 heteroatoms. The van der Waals surface area contributed by atoms with E-state index in [1.807, 2.05) is 52.2 Å². The van der Waals surface area contributed by atoms with Crippen LogP contribution in [0.15, 0.2) is 24.3 Å². The first kappa shape index (κ1) is 17.5. The number of rotatable bonds is 8. The summed E-state index contributed by atoms with van der Waals surface area (Å²) < 4.78 is 5.60. The van der Waals surface area contributed by atoms with E-state index in [-0.39, 0.29) is 5.91 Å². The molecule has 0 aliphatic rings. The van der Waals surface area contributed by atoms with E-state index in [4.69, 9.17) is 10.5 Å². The number of anilines is 1. The molecule has 0 saturated carbocycles. The molecule has 0 heterocycles. The van der Waals surface area contributed by atoms with Gasteiger partial charge in [-0.3, -0.25) is 4.79 Å². The quantitative estimate of drug-likeness (QED) is 0.768. The lowest BCUT2D eigenvalue weighted by atomic mass is 10.0. The van der Waals surface area contributed by atoms with Crippen LogP contribution in [0.25, 0.3) is 0 Å². The minimum atomic E-state index is -0.471. The van der Waals surface area contributed by atoms with Gasteiger partial charge in [0.2, 0.25) is 5.91 Å². The summed E-state index contributed by atoms with van der Waals surface area (Å²) in [6, 6.07) is 6.87. The first-order chi connectivity index (χ1) is 9.88. The summed E-state index contributed by atoms with van der Waals surface area (Å²) in [5.41, 5.74) is 6.58. The van der Waals surface area contributed by atoms with E-state index < -0.39 is 6.04 Å². The first-order valence-electron chi connectivity index (χ1n) is 7.32. The maximum absolute atomic E-state index is 11.9. The van der Waals surface area contributed by atoms with Crippen LogP contribution < -0.4 is 15.8 Å². The van der Waals surface area contributed by atoms with Crippen LogP contribution in [0.1, 0.15) is 20.3 Å². The molecule has 1 atom stereocenters. The van der Waals surface area contributed by atoms with Gasteiger partial charge in [-0.2, -0.15) is 0 Å². The lowest BCUT2D eigenvalue weighted by Gasteiger charge is -2.14. The number of amides is 1. The Bertz CT molecular complexity index is 430. The van der Waals surface area contributed by atoms with Crippen molar-refractivity contribution in [3.63, 3.8) is 0 Å². The molecule has 0 spiro atoms. The number of hydrogen-bond donors (Lipinski definition) is 2. The number of nitrogens with one attached hydrogen (secondary N) is 1. The smallest absolute Gasteiger partial charge is 0.241 e. The van der Waals surface area contributed by atoms with E-state index in [9.17, 15) is 4.79 Å². The summed E-state index contributed by atoms with van der Waals surface area (Å²) >= 11 is 0.